The Balaban J connectivity index is 1.79. The van der Waals surface area contributed by atoms with Gasteiger partial charge < -0.3 is 4.57 Å². The summed E-state index contributed by atoms with van der Waals surface area (Å²) in [6.07, 6.45) is 1.67. The summed E-state index contributed by atoms with van der Waals surface area (Å²) in [5.41, 5.74) is 3.58. The molecule has 0 N–H and O–H groups in total. The van der Waals surface area contributed by atoms with Gasteiger partial charge in [-0.3, -0.25) is 9.78 Å². The quantitative estimate of drug-likeness (QED) is 0.484. The van der Waals surface area contributed by atoms with Crippen molar-refractivity contribution in [3.05, 3.63) is 101 Å². The van der Waals surface area contributed by atoms with Gasteiger partial charge in [0.15, 0.2) is 0 Å². The molecule has 6 heteroatoms. The summed E-state index contributed by atoms with van der Waals surface area (Å²) in [7, 11) is 0. The Hall–Kier alpha value is -3.80. The molecule has 0 fully saturated rings. The number of hydrogen-bond donors (Lipinski definition) is 0. The van der Waals surface area contributed by atoms with E-state index in [1.165, 1.54) is 18.2 Å². The van der Waals surface area contributed by atoms with Crippen LogP contribution in [0.1, 0.15) is 5.56 Å². The molecule has 0 amide bonds. The third kappa shape index (κ3) is 2.66. The Morgan fingerprint density at radius 3 is 2.36 bits per heavy atom. The highest BCUT2D eigenvalue weighted by Crippen LogP contribution is 2.22. The SMILES string of the molecule is O=c1cc(-c2ccccn2)nc2n(Cc3ccc(F)cc3)c3ccccc3n12. The fourth-order valence-electron chi connectivity index (χ4n) is 3.44. The van der Waals surface area contributed by atoms with Crippen LogP contribution in [0.25, 0.3) is 28.2 Å². The third-order valence-corrected chi connectivity index (χ3v) is 4.74. The fourth-order valence-corrected chi connectivity index (χ4v) is 3.44. The van der Waals surface area contributed by atoms with Crippen LogP contribution in [0.5, 0.6) is 0 Å². The first-order valence-electron chi connectivity index (χ1n) is 8.87. The minimum atomic E-state index is -0.280. The van der Waals surface area contributed by atoms with E-state index in [0.29, 0.717) is 23.7 Å². The zero-order chi connectivity index (χ0) is 19.1. The Labute approximate surface area is 159 Å². The zero-order valence-electron chi connectivity index (χ0n) is 14.8. The lowest BCUT2D eigenvalue weighted by Gasteiger charge is -2.07. The molecule has 0 saturated carbocycles. The number of benzene rings is 2. The molecule has 5 aromatic rings. The minimum absolute atomic E-state index is 0.167. The number of halogens is 1. The normalized spacial score (nSPS) is 11.3. The van der Waals surface area contributed by atoms with E-state index in [0.717, 1.165) is 16.6 Å². The molecule has 3 aromatic heterocycles. The third-order valence-electron chi connectivity index (χ3n) is 4.74. The second-order valence-electron chi connectivity index (χ2n) is 6.53. The summed E-state index contributed by atoms with van der Waals surface area (Å²) in [5.74, 6) is 0.247. The first kappa shape index (κ1) is 16.4. The molecule has 5 rings (SSSR count). The number of hydrogen-bond acceptors (Lipinski definition) is 3. The number of nitrogens with zero attached hydrogens (tertiary/aromatic N) is 4. The maximum absolute atomic E-state index is 13.3. The van der Waals surface area contributed by atoms with Crippen LogP contribution >= 0.6 is 0 Å². The maximum Gasteiger partial charge on any atom is 0.260 e. The molecule has 0 aliphatic heterocycles. The molecule has 0 atom stereocenters. The predicted octanol–water partition coefficient (Wildman–Crippen LogP) is 3.90. The second kappa shape index (κ2) is 6.42. The van der Waals surface area contributed by atoms with Crippen LogP contribution in [-0.2, 0) is 6.54 Å². The van der Waals surface area contributed by atoms with Crippen LogP contribution in [0.3, 0.4) is 0 Å². The lowest BCUT2D eigenvalue weighted by molar-refractivity contribution is 0.626. The maximum atomic E-state index is 13.3. The van der Waals surface area contributed by atoms with E-state index in [-0.39, 0.29) is 11.4 Å². The average molecular weight is 370 g/mol. The summed E-state index contributed by atoms with van der Waals surface area (Å²) < 4.78 is 16.9. The van der Waals surface area contributed by atoms with Crippen molar-refractivity contribution < 1.29 is 4.39 Å². The van der Waals surface area contributed by atoms with E-state index in [4.69, 9.17) is 4.98 Å². The topological polar surface area (TPSA) is 52.2 Å². The summed E-state index contributed by atoms with van der Waals surface area (Å²) in [6, 6.07) is 21.0. The van der Waals surface area contributed by atoms with E-state index < -0.39 is 0 Å². The predicted molar refractivity (Wildman–Crippen MR) is 106 cm³/mol. The molecule has 5 nitrogen and oxygen atoms in total. The molecule has 0 saturated heterocycles. The van der Waals surface area contributed by atoms with Gasteiger partial charge in [-0.25, -0.2) is 13.8 Å². The molecule has 0 aliphatic rings. The summed E-state index contributed by atoms with van der Waals surface area (Å²) in [5, 5.41) is 0. The molecule has 28 heavy (non-hydrogen) atoms. The molecule has 3 heterocycles. The number of aromatic nitrogens is 4. The van der Waals surface area contributed by atoms with Crippen molar-refractivity contribution in [2.24, 2.45) is 0 Å². The minimum Gasteiger partial charge on any atom is -0.305 e. The van der Waals surface area contributed by atoms with Gasteiger partial charge in [0.2, 0.25) is 5.78 Å². The van der Waals surface area contributed by atoms with E-state index in [9.17, 15) is 9.18 Å². The molecule has 136 valence electrons. The average Bonchev–Trinajstić information content (AvgIpc) is 3.04. The Morgan fingerprint density at radius 1 is 0.857 bits per heavy atom. The largest absolute Gasteiger partial charge is 0.305 e. The van der Waals surface area contributed by atoms with E-state index in [1.54, 1.807) is 22.7 Å². The van der Waals surface area contributed by atoms with Crippen LogP contribution in [0.15, 0.2) is 83.8 Å². The van der Waals surface area contributed by atoms with E-state index in [1.807, 2.05) is 47.0 Å². The lowest BCUT2D eigenvalue weighted by Crippen LogP contribution is -2.15. The van der Waals surface area contributed by atoms with Crippen LogP contribution < -0.4 is 5.56 Å². The van der Waals surface area contributed by atoms with Gasteiger partial charge in [-0.2, -0.15) is 0 Å². The van der Waals surface area contributed by atoms with Gasteiger partial charge in [-0.15, -0.1) is 0 Å². The van der Waals surface area contributed by atoms with Gasteiger partial charge in [-0.1, -0.05) is 30.3 Å². The Kier molecular flexibility index (Phi) is 3.76. The van der Waals surface area contributed by atoms with Gasteiger partial charge >= 0.3 is 0 Å². The summed E-state index contributed by atoms with van der Waals surface area (Å²) >= 11 is 0. The van der Waals surface area contributed by atoms with Crippen molar-refractivity contribution in [2.75, 3.05) is 0 Å². The first-order chi connectivity index (χ1) is 13.7. The zero-order valence-corrected chi connectivity index (χ0v) is 14.8. The highest BCUT2D eigenvalue weighted by molar-refractivity contribution is 5.81. The summed E-state index contributed by atoms with van der Waals surface area (Å²) in [6.45, 7) is 0.468. The number of rotatable bonds is 3. The van der Waals surface area contributed by atoms with Crippen molar-refractivity contribution in [1.29, 1.82) is 0 Å². The molecule has 0 radical (unpaired) electrons. The standard InChI is InChI=1S/C22H15FN4O/c23-16-10-8-15(9-11-16)14-26-19-6-1-2-7-20(19)27-21(28)13-18(25-22(26)27)17-5-3-4-12-24-17/h1-13H,14H2. The highest BCUT2D eigenvalue weighted by Gasteiger charge is 2.15. The second-order valence-corrected chi connectivity index (χ2v) is 6.53. The van der Waals surface area contributed by atoms with Crippen molar-refractivity contribution in [1.82, 2.24) is 18.9 Å². The van der Waals surface area contributed by atoms with Crippen LogP contribution in [0.2, 0.25) is 0 Å². The van der Waals surface area contributed by atoms with E-state index in [2.05, 4.69) is 4.98 Å². The molecule has 0 aliphatic carbocycles. The van der Waals surface area contributed by atoms with Gasteiger partial charge in [0.05, 0.1) is 29.0 Å². The molecule has 0 bridgehead atoms. The molecular formula is C22H15FN4O. The smallest absolute Gasteiger partial charge is 0.260 e. The first-order valence-corrected chi connectivity index (χ1v) is 8.87. The van der Waals surface area contributed by atoms with Crippen molar-refractivity contribution in [2.45, 2.75) is 6.54 Å². The number of fused-ring (bicyclic) bond motifs is 3. The molecule has 0 unspecified atom stereocenters. The van der Waals surface area contributed by atoms with Crippen LogP contribution in [-0.4, -0.2) is 18.9 Å². The van der Waals surface area contributed by atoms with Gasteiger partial charge in [0, 0.05) is 12.3 Å². The van der Waals surface area contributed by atoms with Crippen LogP contribution in [0.4, 0.5) is 4.39 Å². The van der Waals surface area contributed by atoms with Crippen molar-refractivity contribution in [3.8, 4) is 11.4 Å². The number of imidazole rings is 1. The number of para-hydroxylation sites is 2. The fraction of sp³-hybridized carbons (Fsp3) is 0.0455. The molecular weight excluding hydrogens is 355 g/mol. The van der Waals surface area contributed by atoms with Crippen molar-refractivity contribution >= 4 is 16.8 Å². The number of pyridine rings is 1. The van der Waals surface area contributed by atoms with E-state index >= 15 is 0 Å². The highest BCUT2D eigenvalue weighted by atomic mass is 19.1. The molecule has 2 aromatic carbocycles. The van der Waals surface area contributed by atoms with Crippen LogP contribution in [0, 0.1) is 5.82 Å². The summed E-state index contributed by atoms with van der Waals surface area (Å²) in [4.78, 5) is 22.0. The lowest BCUT2D eigenvalue weighted by atomic mass is 10.2. The monoisotopic (exact) mass is 370 g/mol. The Morgan fingerprint density at radius 2 is 1.61 bits per heavy atom. The van der Waals surface area contributed by atoms with Crippen molar-refractivity contribution in [3.63, 3.8) is 0 Å². The molecule has 0 spiro atoms. The van der Waals surface area contributed by atoms with Gasteiger partial charge in [-0.05, 0) is 42.0 Å². The Bertz CT molecular complexity index is 1350. The van der Waals surface area contributed by atoms with Gasteiger partial charge in [0.1, 0.15) is 5.82 Å². The van der Waals surface area contributed by atoms with Gasteiger partial charge in [0.25, 0.3) is 5.56 Å².